The molecule has 0 spiro atoms. The second-order valence-electron chi connectivity index (χ2n) is 5.34. The summed E-state index contributed by atoms with van der Waals surface area (Å²) in [6.07, 6.45) is 4.95. The molecule has 118 valence electrons. The number of aromatic nitrogens is 4. The molecule has 0 saturated carbocycles. The molecule has 0 aliphatic carbocycles. The van der Waals surface area contributed by atoms with Gasteiger partial charge in [-0.3, -0.25) is 9.78 Å². The Balaban J connectivity index is 1.95. The number of hydrogen-bond donors (Lipinski definition) is 2. The molecular formula is C17H13N5OS. The van der Waals surface area contributed by atoms with Crippen LogP contribution in [0.2, 0.25) is 0 Å². The van der Waals surface area contributed by atoms with Crippen molar-refractivity contribution in [3.8, 4) is 21.8 Å². The number of nitrogen functional groups attached to an aromatic ring is 1. The van der Waals surface area contributed by atoms with Crippen LogP contribution in [0, 0.1) is 6.92 Å². The summed E-state index contributed by atoms with van der Waals surface area (Å²) in [7, 11) is 0. The van der Waals surface area contributed by atoms with E-state index >= 15 is 0 Å². The van der Waals surface area contributed by atoms with Crippen molar-refractivity contribution in [3.05, 3.63) is 58.2 Å². The first-order valence-corrected chi connectivity index (χ1v) is 8.10. The lowest BCUT2D eigenvalue weighted by molar-refractivity contribution is 1.22. The van der Waals surface area contributed by atoms with Gasteiger partial charge in [-0.15, -0.1) is 11.3 Å². The van der Waals surface area contributed by atoms with Crippen LogP contribution in [0.3, 0.4) is 0 Å². The predicted octanol–water partition coefficient (Wildman–Crippen LogP) is 3.00. The highest BCUT2D eigenvalue weighted by atomic mass is 32.1. The molecule has 7 heteroatoms. The Morgan fingerprint density at radius 3 is 2.79 bits per heavy atom. The van der Waals surface area contributed by atoms with Crippen LogP contribution >= 0.6 is 11.3 Å². The second-order valence-corrected chi connectivity index (χ2v) is 6.58. The molecule has 1 aromatic carbocycles. The number of nitrogens with zero attached hydrogens (tertiary/aromatic N) is 3. The van der Waals surface area contributed by atoms with Crippen LogP contribution in [0.25, 0.3) is 32.6 Å². The lowest BCUT2D eigenvalue weighted by Gasteiger charge is -2.08. The van der Waals surface area contributed by atoms with Crippen molar-refractivity contribution in [1.29, 1.82) is 0 Å². The minimum absolute atomic E-state index is 0.110. The average molecular weight is 335 g/mol. The van der Waals surface area contributed by atoms with Crippen LogP contribution in [0.4, 0.5) is 5.82 Å². The largest absolute Gasteiger partial charge is 0.382 e. The first-order valence-electron chi connectivity index (χ1n) is 7.29. The van der Waals surface area contributed by atoms with Crippen LogP contribution in [0.5, 0.6) is 0 Å². The number of aryl methyl sites for hydroxylation is 1. The number of fused-ring (bicyclic) bond motifs is 1. The molecule has 0 radical (unpaired) electrons. The molecule has 4 aromatic rings. The van der Waals surface area contributed by atoms with Crippen LogP contribution in [0.1, 0.15) is 5.01 Å². The first kappa shape index (κ1) is 14.5. The van der Waals surface area contributed by atoms with Crippen LogP contribution in [-0.2, 0) is 0 Å². The van der Waals surface area contributed by atoms with Gasteiger partial charge < -0.3 is 10.7 Å². The molecule has 0 unspecified atom stereocenters. The lowest BCUT2D eigenvalue weighted by atomic mass is 10.0. The Hall–Kier alpha value is -3.06. The van der Waals surface area contributed by atoms with Gasteiger partial charge in [-0.25, -0.2) is 9.97 Å². The zero-order valence-electron chi connectivity index (χ0n) is 12.8. The van der Waals surface area contributed by atoms with Crippen molar-refractivity contribution in [3.63, 3.8) is 0 Å². The molecule has 3 heterocycles. The van der Waals surface area contributed by atoms with Crippen molar-refractivity contribution < 1.29 is 0 Å². The van der Waals surface area contributed by atoms with E-state index in [1.54, 1.807) is 29.8 Å². The predicted molar refractivity (Wildman–Crippen MR) is 95.9 cm³/mol. The summed E-state index contributed by atoms with van der Waals surface area (Å²) in [5, 5.41) is 2.44. The molecule has 6 nitrogen and oxygen atoms in total. The molecule has 0 amide bonds. The van der Waals surface area contributed by atoms with E-state index in [0.717, 1.165) is 26.5 Å². The highest BCUT2D eigenvalue weighted by Gasteiger charge is 2.14. The van der Waals surface area contributed by atoms with E-state index in [1.165, 1.54) is 6.20 Å². The summed E-state index contributed by atoms with van der Waals surface area (Å²) in [6, 6.07) is 7.46. The monoisotopic (exact) mass is 335 g/mol. The van der Waals surface area contributed by atoms with E-state index in [1.807, 2.05) is 25.1 Å². The summed E-state index contributed by atoms with van der Waals surface area (Å²) < 4.78 is 0. The Labute approximate surface area is 141 Å². The third-order valence-corrected chi connectivity index (χ3v) is 4.61. The van der Waals surface area contributed by atoms with Crippen LogP contribution < -0.4 is 11.3 Å². The fourth-order valence-corrected chi connectivity index (χ4v) is 3.36. The maximum Gasteiger partial charge on any atom is 0.255 e. The lowest BCUT2D eigenvalue weighted by Crippen LogP contribution is -2.04. The van der Waals surface area contributed by atoms with E-state index in [4.69, 9.17) is 5.73 Å². The average Bonchev–Trinajstić information content (AvgIpc) is 3.01. The van der Waals surface area contributed by atoms with E-state index in [-0.39, 0.29) is 5.56 Å². The number of hydrogen-bond acceptors (Lipinski definition) is 6. The summed E-state index contributed by atoms with van der Waals surface area (Å²) in [6.45, 7) is 1.94. The fourth-order valence-electron chi connectivity index (χ4n) is 2.60. The molecule has 3 aromatic heterocycles. The molecule has 0 aliphatic rings. The highest BCUT2D eigenvalue weighted by Crippen LogP contribution is 2.33. The van der Waals surface area contributed by atoms with Gasteiger partial charge in [0.2, 0.25) is 0 Å². The maximum atomic E-state index is 11.9. The molecule has 0 fully saturated rings. The number of benzene rings is 1. The van der Waals surface area contributed by atoms with Crippen molar-refractivity contribution in [2.75, 3.05) is 5.73 Å². The van der Waals surface area contributed by atoms with E-state index in [0.29, 0.717) is 16.9 Å². The van der Waals surface area contributed by atoms with Gasteiger partial charge in [0.15, 0.2) is 0 Å². The van der Waals surface area contributed by atoms with E-state index in [9.17, 15) is 4.79 Å². The standard InChI is InChI=1S/C17H13N5OS/c1-9-20-7-13(24-9)16-15(21-8-14(18)22-16)11-2-3-12-10(6-11)4-5-19-17(12)23/h2-8H,1H3,(H2,18,22)(H,19,23). The van der Waals surface area contributed by atoms with Crippen molar-refractivity contribution >= 4 is 27.9 Å². The molecule has 0 atom stereocenters. The molecule has 3 N–H and O–H groups in total. The summed E-state index contributed by atoms with van der Waals surface area (Å²) in [4.78, 5) is 28.6. The van der Waals surface area contributed by atoms with Gasteiger partial charge in [-0.1, -0.05) is 6.07 Å². The summed E-state index contributed by atoms with van der Waals surface area (Å²) in [5.74, 6) is 0.358. The number of aromatic amines is 1. The molecule has 0 aliphatic heterocycles. The number of pyridine rings is 1. The second kappa shape index (κ2) is 5.54. The zero-order chi connectivity index (χ0) is 16.7. The number of H-pyrrole nitrogens is 1. The quantitative estimate of drug-likeness (QED) is 0.587. The van der Waals surface area contributed by atoms with Gasteiger partial charge in [-0.05, 0) is 30.5 Å². The first-order chi connectivity index (χ1) is 11.6. The maximum absolute atomic E-state index is 11.9. The minimum Gasteiger partial charge on any atom is -0.382 e. The number of nitrogens with one attached hydrogen (secondary N) is 1. The highest BCUT2D eigenvalue weighted by molar-refractivity contribution is 7.15. The van der Waals surface area contributed by atoms with Gasteiger partial charge in [0.1, 0.15) is 11.5 Å². The summed E-state index contributed by atoms with van der Waals surface area (Å²) >= 11 is 1.54. The third kappa shape index (κ3) is 2.44. The molecule has 0 saturated heterocycles. The van der Waals surface area contributed by atoms with E-state index < -0.39 is 0 Å². The van der Waals surface area contributed by atoms with Gasteiger partial charge in [0, 0.05) is 23.3 Å². The van der Waals surface area contributed by atoms with Crippen LogP contribution in [-0.4, -0.2) is 19.9 Å². The van der Waals surface area contributed by atoms with Crippen LogP contribution in [0.15, 0.2) is 47.7 Å². The van der Waals surface area contributed by atoms with Gasteiger partial charge in [-0.2, -0.15) is 0 Å². The number of rotatable bonds is 2. The Morgan fingerprint density at radius 1 is 1.12 bits per heavy atom. The van der Waals surface area contributed by atoms with Crippen molar-refractivity contribution in [1.82, 2.24) is 19.9 Å². The molecular weight excluding hydrogens is 322 g/mol. The Kier molecular flexibility index (Phi) is 3.35. The van der Waals surface area contributed by atoms with Gasteiger partial charge in [0.05, 0.1) is 21.8 Å². The van der Waals surface area contributed by atoms with Gasteiger partial charge >= 0.3 is 0 Å². The van der Waals surface area contributed by atoms with E-state index in [2.05, 4.69) is 19.9 Å². The number of thiazole rings is 1. The summed E-state index contributed by atoms with van der Waals surface area (Å²) in [5.41, 5.74) is 8.01. The van der Waals surface area contributed by atoms with Gasteiger partial charge in [0.25, 0.3) is 5.56 Å². The number of anilines is 1. The SMILES string of the molecule is Cc1ncc(-c2nc(N)cnc2-c2ccc3c(=O)[nH]ccc3c2)s1. The fraction of sp³-hybridized carbons (Fsp3) is 0.0588. The minimum atomic E-state index is -0.110. The van der Waals surface area contributed by atoms with Crippen molar-refractivity contribution in [2.45, 2.75) is 6.92 Å². The normalized spacial score (nSPS) is 11.0. The Bertz CT molecular complexity index is 1120. The molecule has 24 heavy (non-hydrogen) atoms. The van der Waals surface area contributed by atoms with Crippen molar-refractivity contribution in [2.24, 2.45) is 0 Å². The molecule has 4 rings (SSSR count). The molecule has 0 bridgehead atoms. The number of nitrogens with two attached hydrogens (primary N) is 1. The zero-order valence-corrected chi connectivity index (χ0v) is 13.6. The third-order valence-electron chi connectivity index (χ3n) is 3.69. The smallest absolute Gasteiger partial charge is 0.255 e. The Morgan fingerprint density at radius 2 is 2.00 bits per heavy atom. The topological polar surface area (TPSA) is 97.5 Å².